The average Bonchev–Trinajstić information content (AvgIpc) is 3.91. The van der Waals surface area contributed by atoms with Crippen molar-refractivity contribution in [2.24, 2.45) is 0 Å². The summed E-state index contributed by atoms with van der Waals surface area (Å²) >= 11 is 3.49. The minimum absolute atomic E-state index is 0.359. The third kappa shape index (κ3) is 9.07. The highest BCUT2D eigenvalue weighted by Gasteiger charge is 2.63. The molecule has 0 saturated carbocycles. The van der Waals surface area contributed by atoms with Gasteiger partial charge in [0, 0.05) is 26.6 Å². The van der Waals surface area contributed by atoms with Gasteiger partial charge in [-0.3, -0.25) is 0 Å². The molecule has 2 aromatic carbocycles. The summed E-state index contributed by atoms with van der Waals surface area (Å²) in [5.41, 5.74) is 5.22. The molecular formula is C46H60B3BrN6O6. The first-order valence-electron chi connectivity index (χ1n) is 21.3. The van der Waals surface area contributed by atoms with Crippen LogP contribution in [-0.2, 0) is 27.9 Å². The van der Waals surface area contributed by atoms with Crippen molar-refractivity contribution in [3.63, 3.8) is 0 Å². The van der Waals surface area contributed by atoms with Crippen molar-refractivity contribution < 1.29 is 27.9 Å². The lowest BCUT2D eigenvalue weighted by Gasteiger charge is -2.32. The van der Waals surface area contributed by atoms with Gasteiger partial charge in [-0.2, -0.15) is 10.2 Å². The van der Waals surface area contributed by atoms with Crippen LogP contribution in [0.1, 0.15) is 106 Å². The summed E-state index contributed by atoms with van der Waals surface area (Å²) in [6.07, 6.45) is 3.73. The number of hydrogen-bond acceptors (Lipinski definition) is 10. The predicted octanol–water partition coefficient (Wildman–Crippen LogP) is 9.39. The Morgan fingerprint density at radius 3 is 1.24 bits per heavy atom. The maximum absolute atomic E-state index is 6.19. The van der Waals surface area contributed by atoms with Crippen LogP contribution in [0.4, 0.5) is 0 Å². The van der Waals surface area contributed by atoms with E-state index in [4.69, 9.17) is 27.9 Å². The fraction of sp³-hybridized carbons (Fsp3) is 0.478. The highest BCUT2D eigenvalue weighted by molar-refractivity contribution is 9.10. The van der Waals surface area contributed by atoms with Gasteiger partial charge in [0.2, 0.25) is 0 Å². The number of rotatable bonds is 4. The van der Waals surface area contributed by atoms with Gasteiger partial charge in [0.15, 0.2) is 11.6 Å². The van der Waals surface area contributed by atoms with Crippen molar-refractivity contribution in [3.8, 4) is 11.6 Å². The Balaban J connectivity index is 0.000000144. The monoisotopic (exact) mass is 904 g/mol. The van der Waals surface area contributed by atoms with E-state index >= 15 is 0 Å². The molecule has 12 nitrogen and oxygen atoms in total. The van der Waals surface area contributed by atoms with E-state index in [0.717, 1.165) is 54.8 Å². The first-order chi connectivity index (χ1) is 28.7. The van der Waals surface area contributed by atoms with Gasteiger partial charge < -0.3 is 27.9 Å². The first-order valence-corrected chi connectivity index (χ1v) is 22.1. The van der Waals surface area contributed by atoms with E-state index in [1.165, 1.54) is 11.1 Å². The standard InChI is InChI=1S/C20H24BN3O2.C14H12BrN3.C12H24B2O4/c1-13-9-14(2)23-18(10-13)24-17-11-16(8-7-15(17)12-22-24)21-25-19(3,4)20(5,6)26-21;1-9-5-10(2)17-14(6-9)18-13-7-12(15)4-3-11(13)8-16-18;1-9(2)10(3,4)16-13(15-9)14-17-11(5,6)12(7,8)18-14/h7-12H,1-6H3;3-8H,1-2H3;1-8H3. The quantitative estimate of drug-likeness (QED) is 0.159. The zero-order valence-electron chi connectivity index (χ0n) is 39.2. The summed E-state index contributed by atoms with van der Waals surface area (Å²) in [6, 6.07) is 20.5. The third-order valence-electron chi connectivity index (χ3n) is 13.0. The van der Waals surface area contributed by atoms with Gasteiger partial charge in [-0.1, -0.05) is 34.1 Å². The third-order valence-corrected chi connectivity index (χ3v) is 13.5. The molecule has 326 valence electrons. The Kier molecular flexibility index (Phi) is 12.1. The number of nitrogens with zero attached hydrogens (tertiary/aromatic N) is 6. The molecule has 3 fully saturated rings. The number of aromatic nitrogens is 6. The van der Waals surface area contributed by atoms with E-state index in [-0.39, 0.29) is 40.7 Å². The summed E-state index contributed by atoms with van der Waals surface area (Å²) in [4.78, 5) is 9.18. The maximum atomic E-state index is 6.19. The maximum Gasteiger partial charge on any atom is 0.494 e. The molecule has 9 rings (SSSR count). The number of pyridine rings is 2. The van der Waals surface area contributed by atoms with Crippen LogP contribution < -0.4 is 5.46 Å². The Hall–Kier alpha value is -3.89. The van der Waals surface area contributed by atoms with Gasteiger partial charge in [-0.15, -0.1) is 0 Å². The lowest BCUT2D eigenvalue weighted by atomic mass is 9.49. The second kappa shape index (κ2) is 16.3. The Morgan fingerprint density at radius 1 is 0.468 bits per heavy atom. The SMILES string of the molecule is CC1(C)OB(B2OC(C)(C)C(C)(C)O2)OC1(C)C.Cc1cc(C)nc(-n2ncc3ccc(B4OC(C)(C)C(C)(C)O4)cc32)c1.Cc1cc(C)nc(-n2ncc3ccc(Br)cc32)c1. The van der Waals surface area contributed by atoms with Gasteiger partial charge in [-0.25, -0.2) is 19.3 Å². The molecule has 0 atom stereocenters. The summed E-state index contributed by atoms with van der Waals surface area (Å²) < 4.78 is 41.0. The normalized spacial score (nSPS) is 20.3. The van der Waals surface area contributed by atoms with Crippen molar-refractivity contribution in [2.45, 2.75) is 144 Å². The molecular weight excluding hydrogens is 845 g/mol. The summed E-state index contributed by atoms with van der Waals surface area (Å²) in [5, 5.41) is 11.1. The van der Waals surface area contributed by atoms with Crippen LogP contribution in [0.5, 0.6) is 0 Å². The molecule has 62 heavy (non-hydrogen) atoms. The van der Waals surface area contributed by atoms with Crippen LogP contribution in [0.15, 0.2) is 77.5 Å². The largest absolute Gasteiger partial charge is 0.494 e. The molecule has 0 aliphatic carbocycles. The van der Waals surface area contributed by atoms with E-state index in [1.54, 1.807) is 0 Å². The molecule has 0 unspecified atom stereocenters. The minimum atomic E-state index is -0.476. The molecule has 0 radical (unpaired) electrons. The highest BCUT2D eigenvalue weighted by Crippen LogP contribution is 2.43. The molecule has 4 aromatic heterocycles. The van der Waals surface area contributed by atoms with Crippen molar-refractivity contribution >= 4 is 64.3 Å². The van der Waals surface area contributed by atoms with E-state index in [0.29, 0.717) is 0 Å². The molecule has 6 aromatic rings. The number of fused-ring (bicyclic) bond motifs is 2. The van der Waals surface area contributed by atoms with Crippen LogP contribution in [0.25, 0.3) is 33.4 Å². The summed E-state index contributed by atoms with van der Waals surface area (Å²) in [6.45, 7) is 32.6. The van der Waals surface area contributed by atoms with E-state index in [2.05, 4.69) is 108 Å². The van der Waals surface area contributed by atoms with Crippen molar-refractivity contribution in [1.82, 2.24) is 29.5 Å². The number of aryl methyl sites for hydroxylation is 4. The molecule has 0 bridgehead atoms. The zero-order valence-corrected chi connectivity index (χ0v) is 40.8. The second-order valence-electron chi connectivity index (χ2n) is 19.8. The predicted molar refractivity (Wildman–Crippen MR) is 252 cm³/mol. The molecule has 0 amide bonds. The Bertz CT molecular complexity index is 2500. The first kappa shape index (κ1) is 46.1. The summed E-state index contributed by atoms with van der Waals surface area (Å²) in [7, 11) is -1.34. The van der Waals surface area contributed by atoms with Gasteiger partial charge >= 0.3 is 21.1 Å². The van der Waals surface area contributed by atoms with Gasteiger partial charge in [0.1, 0.15) is 0 Å². The smallest absolute Gasteiger partial charge is 0.405 e. The van der Waals surface area contributed by atoms with Crippen LogP contribution in [-0.4, -0.2) is 84.3 Å². The van der Waals surface area contributed by atoms with Crippen LogP contribution >= 0.6 is 15.9 Å². The number of halogens is 1. The second-order valence-corrected chi connectivity index (χ2v) is 20.7. The molecule has 3 aliphatic heterocycles. The van der Waals surface area contributed by atoms with Crippen molar-refractivity contribution in [1.29, 1.82) is 0 Å². The van der Waals surface area contributed by atoms with E-state index < -0.39 is 14.0 Å². The molecule has 3 saturated heterocycles. The van der Waals surface area contributed by atoms with Gasteiger partial charge in [0.25, 0.3) is 0 Å². The number of benzene rings is 2. The zero-order chi connectivity index (χ0) is 45.4. The van der Waals surface area contributed by atoms with E-state index in [1.807, 2.05) is 121 Å². The molecule has 0 N–H and O–H groups in total. The van der Waals surface area contributed by atoms with Crippen LogP contribution in [0.2, 0.25) is 0 Å². The Labute approximate surface area is 376 Å². The van der Waals surface area contributed by atoms with Crippen molar-refractivity contribution in [3.05, 3.63) is 100 Å². The molecule has 7 heterocycles. The van der Waals surface area contributed by atoms with Crippen molar-refractivity contribution in [2.75, 3.05) is 0 Å². The molecule has 0 spiro atoms. The fourth-order valence-electron chi connectivity index (χ4n) is 7.37. The Morgan fingerprint density at radius 2 is 0.839 bits per heavy atom. The molecule has 3 aliphatic rings. The lowest BCUT2D eigenvalue weighted by Crippen LogP contribution is -2.41. The minimum Gasteiger partial charge on any atom is -0.405 e. The van der Waals surface area contributed by atoms with Gasteiger partial charge in [0.05, 0.1) is 57.0 Å². The van der Waals surface area contributed by atoms with Crippen LogP contribution in [0, 0.1) is 27.7 Å². The topological polar surface area (TPSA) is 117 Å². The molecule has 16 heteroatoms. The van der Waals surface area contributed by atoms with Gasteiger partial charge in [-0.05, 0) is 170 Å². The fourth-order valence-corrected chi connectivity index (χ4v) is 7.72. The average molecular weight is 905 g/mol. The van der Waals surface area contributed by atoms with E-state index in [9.17, 15) is 0 Å². The number of hydrogen-bond donors (Lipinski definition) is 0. The summed E-state index contributed by atoms with van der Waals surface area (Å²) in [5.74, 6) is 1.68. The van der Waals surface area contributed by atoms with Crippen LogP contribution in [0.3, 0.4) is 0 Å². The highest BCUT2D eigenvalue weighted by atomic mass is 79.9. The lowest BCUT2D eigenvalue weighted by molar-refractivity contribution is 0.00578.